The molecule has 0 unspecified atom stereocenters. The zero-order valence-electron chi connectivity index (χ0n) is 22.7. The van der Waals surface area contributed by atoms with Crippen LogP contribution in [0.15, 0.2) is 71.6 Å². The number of benzene rings is 3. The van der Waals surface area contributed by atoms with Crippen molar-refractivity contribution in [3.8, 4) is 0 Å². The number of halogens is 3. The van der Waals surface area contributed by atoms with Gasteiger partial charge in [0.05, 0.1) is 15.6 Å². The summed E-state index contributed by atoms with van der Waals surface area (Å²) in [6.07, 6.45) is 0.662. The Bertz CT molecular complexity index is 1470. The molecule has 1 N–H and O–H groups in total. The number of sulfonamides is 1. The SMILES string of the molecule is CC[C@H](C)NC(=O)[C@H](C)N(Cc1ccccc1F)C(=O)CN(c1cc(Cl)ccc1Cl)S(=O)(=O)c1ccc(C)cc1. The molecule has 2 atom stereocenters. The fourth-order valence-electron chi connectivity index (χ4n) is 3.89. The number of hydrogen-bond acceptors (Lipinski definition) is 4. The number of nitrogens with one attached hydrogen (secondary N) is 1. The zero-order chi connectivity index (χ0) is 29.6. The third-order valence-electron chi connectivity index (χ3n) is 6.53. The summed E-state index contributed by atoms with van der Waals surface area (Å²) in [4.78, 5) is 28.1. The maximum Gasteiger partial charge on any atom is 0.264 e. The molecule has 0 aliphatic rings. The lowest BCUT2D eigenvalue weighted by Gasteiger charge is -2.32. The van der Waals surface area contributed by atoms with Crippen molar-refractivity contribution in [1.82, 2.24) is 10.2 Å². The standard InChI is InChI=1S/C29H32Cl2FN3O4S/c1-5-20(3)33-29(37)21(4)34(17-22-8-6-7-9-26(22)32)28(36)18-35(27-16-23(30)12-15-25(27)31)40(38,39)24-13-10-19(2)11-14-24/h6-16,20-21H,5,17-18H2,1-4H3,(H,33,37)/t20-,21-/m0/s1. The predicted octanol–water partition coefficient (Wildman–Crippen LogP) is 5.97. The van der Waals surface area contributed by atoms with Crippen LogP contribution < -0.4 is 9.62 Å². The average molecular weight is 609 g/mol. The smallest absolute Gasteiger partial charge is 0.264 e. The molecule has 0 aliphatic heterocycles. The Morgan fingerprint density at radius 3 is 2.27 bits per heavy atom. The topological polar surface area (TPSA) is 86.8 Å². The maximum atomic E-state index is 14.6. The Labute approximate surface area is 244 Å². The van der Waals surface area contributed by atoms with Crippen LogP contribution in [0, 0.1) is 12.7 Å². The van der Waals surface area contributed by atoms with Gasteiger partial charge in [-0.25, -0.2) is 12.8 Å². The molecule has 0 spiro atoms. The molecule has 0 bridgehead atoms. The van der Waals surface area contributed by atoms with Gasteiger partial charge in [-0.2, -0.15) is 0 Å². The molecule has 40 heavy (non-hydrogen) atoms. The Balaban J connectivity index is 2.08. The molecule has 0 fully saturated rings. The van der Waals surface area contributed by atoms with Crippen molar-refractivity contribution < 1.29 is 22.4 Å². The second-order valence-corrected chi connectivity index (χ2v) is 12.2. The number of hydrogen-bond donors (Lipinski definition) is 1. The Morgan fingerprint density at radius 2 is 1.65 bits per heavy atom. The van der Waals surface area contributed by atoms with Gasteiger partial charge in [-0.05, 0) is 63.6 Å². The summed E-state index contributed by atoms with van der Waals surface area (Å²) in [7, 11) is -4.32. The van der Waals surface area contributed by atoms with E-state index in [4.69, 9.17) is 23.2 Å². The first-order valence-electron chi connectivity index (χ1n) is 12.7. The third kappa shape index (κ3) is 7.53. The van der Waals surface area contributed by atoms with E-state index in [1.165, 1.54) is 55.5 Å². The lowest BCUT2D eigenvalue weighted by atomic mass is 10.1. The first kappa shape index (κ1) is 31.4. The molecule has 11 heteroatoms. The van der Waals surface area contributed by atoms with E-state index in [-0.39, 0.29) is 38.8 Å². The Hall–Kier alpha value is -3.14. The molecule has 0 saturated heterocycles. The molecule has 3 aromatic carbocycles. The predicted molar refractivity (Wildman–Crippen MR) is 156 cm³/mol. The summed E-state index contributed by atoms with van der Waals surface area (Å²) in [5.74, 6) is -1.74. The number of amides is 2. The van der Waals surface area contributed by atoms with Crippen LogP contribution in [0.2, 0.25) is 10.0 Å². The Kier molecular flexibility index (Phi) is 10.6. The van der Waals surface area contributed by atoms with Crippen LogP contribution in [0.4, 0.5) is 10.1 Å². The van der Waals surface area contributed by atoms with Gasteiger partial charge in [-0.3, -0.25) is 13.9 Å². The summed E-state index contributed by atoms with van der Waals surface area (Å²) in [6.45, 7) is 6.08. The first-order valence-corrected chi connectivity index (χ1v) is 14.9. The summed E-state index contributed by atoms with van der Waals surface area (Å²) in [5.41, 5.74) is 1.01. The van der Waals surface area contributed by atoms with E-state index in [1.54, 1.807) is 18.2 Å². The monoisotopic (exact) mass is 607 g/mol. The van der Waals surface area contributed by atoms with Crippen LogP contribution in [0.5, 0.6) is 0 Å². The van der Waals surface area contributed by atoms with Crippen LogP contribution in [0.25, 0.3) is 0 Å². The molecule has 0 saturated carbocycles. The molecule has 0 aromatic heterocycles. The minimum atomic E-state index is -4.32. The van der Waals surface area contributed by atoms with Crippen molar-refractivity contribution in [1.29, 1.82) is 0 Å². The van der Waals surface area contributed by atoms with Gasteiger partial charge < -0.3 is 10.2 Å². The van der Waals surface area contributed by atoms with Crippen LogP contribution in [-0.4, -0.2) is 43.8 Å². The second-order valence-electron chi connectivity index (χ2n) is 9.53. The molecule has 0 aliphatic carbocycles. The third-order valence-corrected chi connectivity index (χ3v) is 8.86. The van der Waals surface area contributed by atoms with Gasteiger partial charge >= 0.3 is 0 Å². The van der Waals surface area contributed by atoms with Gasteiger partial charge in [0, 0.05) is 23.2 Å². The van der Waals surface area contributed by atoms with Gasteiger partial charge in [0.2, 0.25) is 11.8 Å². The van der Waals surface area contributed by atoms with E-state index in [9.17, 15) is 22.4 Å². The Morgan fingerprint density at radius 1 is 1.00 bits per heavy atom. The van der Waals surface area contributed by atoms with Gasteiger partial charge in [-0.15, -0.1) is 0 Å². The molecule has 0 radical (unpaired) electrons. The minimum Gasteiger partial charge on any atom is -0.352 e. The second kappa shape index (κ2) is 13.5. The average Bonchev–Trinajstić information content (AvgIpc) is 2.92. The highest BCUT2D eigenvalue weighted by atomic mass is 35.5. The summed E-state index contributed by atoms with van der Waals surface area (Å²) in [5, 5.41) is 3.09. The largest absolute Gasteiger partial charge is 0.352 e. The van der Waals surface area contributed by atoms with Crippen molar-refractivity contribution in [2.45, 2.75) is 57.6 Å². The fraction of sp³-hybridized carbons (Fsp3) is 0.310. The summed E-state index contributed by atoms with van der Waals surface area (Å²) >= 11 is 12.6. The van der Waals surface area contributed by atoms with Crippen LogP contribution in [0.1, 0.15) is 38.3 Å². The molecule has 3 rings (SSSR count). The zero-order valence-corrected chi connectivity index (χ0v) is 25.0. The van der Waals surface area contributed by atoms with Crippen LogP contribution in [-0.2, 0) is 26.2 Å². The molecule has 2 amide bonds. The van der Waals surface area contributed by atoms with E-state index in [2.05, 4.69) is 5.32 Å². The van der Waals surface area contributed by atoms with Gasteiger partial charge in [0.15, 0.2) is 0 Å². The summed E-state index contributed by atoms with van der Waals surface area (Å²) in [6, 6.07) is 15.1. The van der Waals surface area contributed by atoms with Crippen LogP contribution >= 0.6 is 23.2 Å². The first-order chi connectivity index (χ1) is 18.8. The summed E-state index contributed by atoms with van der Waals surface area (Å²) < 4.78 is 43.3. The van der Waals surface area contributed by atoms with Crippen molar-refractivity contribution >= 4 is 50.7 Å². The van der Waals surface area contributed by atoms with Gasteiger partial charge in [0.25, 0.3) is 10.0 Å². The lowest BCUT2D eigenvalue weighted by Crippen LogP contribution is -2.52. The number of rotatable bonds is 11. The highest BCUT2D eigenvalue weighted by molar-refractivity contribution is 7.92. The van der Waals surface area contributed by atoms with Crippen molar-refractivity contribution in [2.75, 3.05) is 10.8 Å². The molecule has 0 heterocycles. The van der Waals surface area contributed by atoms with Crippen LogP contribution in [0.3, 0.4) is 0 Å². The number of carbonyl (C=O) groups is 2. The van der Waals surface area contributed by atoms with E-state index < -0.39 is 40.2 Å². The molecular formula is C29H32Cl2FN3O4S. The van der Waals surface area contributed by atoms with Crippen molar-refractivity contribution in [3.05, 3.63) is 93.7 Å². The number of nitrogens with zero attached hydrogens (tertiary/aromatic N) is 2. The lowest BCUT2D eigenvalue weighted by molar-refractivity contribution is -0.139. The highest BCUT2D eigenvalue weighted by Crippen LogP contribution is 2.33. The fourth-order valence-corrected chi connectivity index (χ4v) is 5.75. The molecule has 214 valence electrons. The maximum absolute atomic E-state index is 14.6. The van der Waals surface area contributed by atoms with E-state index in [0.717, 1.165) is 14.8 Å². The van der Waals surface area contributed by atoms with Gasteiger partial charge in [0.1, 0.15) is 18.4 Å². The molecule has 7 nitrogen and oxygen atoms in total. The van der Waals surface area contributed by atoms with E-state index >= 15 is 0 Å². The number of aryl methyl sites for hydroxylation is 1. The minimum absolute atomic E-state index is 0.00866. The normalized spacial score (nSPS) is 12.9. The van der Waals surface area contributed by atoms with Gasteiger partial charge in [-0.1, -0.05) is 66.0 Å². The quantitative estimate of drug-likeness (QED) is 0.291. The molecular weight excluding hydrogens is 576 g/mol. The van der Waals surface area contributed by atoms with E-state index in [1.807, 2.05) is 20.8 Å². The van der Waals surface area contributed by atoms with Crippen molar-refractivity contribution in [3.63, 3.8) is 0 Å². The van der Waals surface area contributed by atoms with E-state index in [0.29, 0.717) is 6.42 Å². The highest BCUT2D eigenvalue weighted by Gasteiger charge is 2.34. The molecule has 3 aromatic rings. The number of anilines is 1. The number of carbonyl (C=O) groups excluding carboxylic acids is 2. The van der Waals surface area contributed by atoms with Crippen molar-refractivity contribution in [2.24, 2.45) is 0 Å².